The van der Waals surface area contributed by atoms with Crippen molar-refractivity contribution in [1.82, 2.24) is 5.32 Å². The van der Waals surface area contributed by atoms with Gasteiger partial charge in [-0.2, -0.15) is 0 Å². The molecule has 7 heteroatoms. The Morgan fingerprint density at radius 3 is 2.83 bits per heavy atom. The summed E-state index contributed by atoms with van der Waals surface area (Å²) in [5.74, 6) is 1.19. The molecule has 0 bridgehead atoms. The number of carbonyl (C=O) groups is 1. The van der Waals surface area contributed by atoms with Crippen LogP contribution in [0.15, 0.2) is 9.85 Å². The molecule has 1 amide bonds. The second-order valence-electron chi connectivity index (χ2n) is 4.11. The maximum atomic E-state index is 12.0. The summed E-state index contributed by atoms with van der Waals surface area (Å²) in [5, 5.41) is 2.98. The Morgan fingerprint density at radius 2 is 2.39 bits per heavy atom. The number of thiophene rings is 1. The second kappa shape index (κ2) is 6.75. The fourth-order valence-corrected chi connectivity index (χ4v) is 3.26. The molecule has 1 fully saturated rings. The largest absolute Gasteiger partial charge is 0.495 e. The smallest absolute Gasteiger partial charge is 0.261 e. The number of nitrogens with two attached hydrogens (primary N) is 1. The van der Waals surface area contributed by atoms with Gasteiger partial charge in [-0.15, -0.1) is 23.7 Å². The molecule has 18 heavy (non-hydrogen) atoms. The summed E-state index contributed by atoms with van der Waals surface area (Å²) >= 11 is 4.73. The molecule has 1 aliphatic rings. The Hall–Kier alpha value is -0.300. The van der Waals surface area contributed by atoms with Gasteiger partial charge in [0.2, 0.25) is 0 Å². The van der Waals surface area contributed by atoms with Crippen molar-refractivity contribution in [1.29, 1.82) is 0 Å². The molecule has 1 aromatic heterocycles. The normalized spacial score (nSPS) is 15.7. The van der Waals surface area contributed by atoms with Crippen molar-refractivity contribution in [3.63, 3.8) is 0 Å². The molecule has 0 aromatic carbocycles. The fraction of sp³-hybridized carbons (Fsp3) is 0.545. The number of carbonyl (C=O) groups excluding carboxylic acids is 1. The Bertz CT molecular complexity index is 423. The number of rotatable bonds is 5. The van der Waals surface area contributed by atoms with Gasteiger partial charge < -0.3 is 15.8 Å². The van der Waals surface area contributed by atoms with E-state index in [0.717, 1.165) is 3.79 Å². The van der Waals surface area contributed by atoms with Crippen molar-refractivity contribution in [2.75, 3.05) is 13.7 Å². The lowest BCUT2D eigenvalue weighted by Gasteiger charge is -2.14. The summed E-state index contributed by atoms with van der Waals surface area (Å²) in [5.41, 5.74) is 5.66. The maximum absolute atomic E-state index is 12.0. The average Bonchev–Trinajstić information content (AvgIpc) is 3.09. The van der Waals surface area contributed by atoms with Crippen molar-refractivity contribution in [3.05, 3.63) is 14.7 Å². The van der Waals surface area contributed by atoms with Crippen LogP contribution in [0, 0.1) is 5.92 Å². The van der Waals surface area contributed by atoms with Crippen LogP contribution in [-0.4, -0.2) is 25.6 Å². The lowest BCUT2D eigenvalue weighted by atomic mass is 10.2. The summed E-state index contributed by atoms with van der Waals surface area (Å²) < 4.78 is 5.96. The van der Waals surface area contributed by atoms with Gasteiger partial charge in [0.05, 0.1) is 12.0 Å². The first-order chi connectivity index (χ1) is 8.15. The number of methoxy groups -OCH3 is 1. The zero-order valence-electron chi connectivity index (χ0n) is 9.94. The lowest BCUT2D eigenvalue weighted by molar-refractivity contribution is 0.0937. The molecular weight excluding hydrogens is 340 g/mol. The standard InChI is InChI=1S/C11H15BrN2O2S.ClH/c1-16-8-4-9(17-10(8)12)11(15)14-7(5-13)6-2-3-6;/h4,6-7H,2-3,5,13H2,1H3,(H,14,15);1H. The third kappa shape index (κ3) is 3.60. The van der Waals surface area contributed by atoms with E-state index in [9.17, 15) is 4.79 Å². The highest BCUT2D eigenvalue weighted by atomic mass is 79.9. The highest BCUT2D eigenvalue weighted by Gasteiger charge is 2.31. The maximum Gasteiger partial charge on any atom is 0.261 e. The first-order valence-corrected chi connectivity index (χ1v) is 7.11. The molecule has 0 saturated heterocycles. The molecule has 1 aliphatic carbocycles. The molecule has 3 N–H and O–H groups in total. The highest BCUT2D eigenvalue weighted by Crippen LogP contribution is 2.35. The highest BCUT2D eigenvalue weighted by molar-refractivity contribution is 9.11. The molecule has 0 spiro atoms. The van der Waals surface area contributed by atoms with Crippen LogP contribution in [0.2, 0.25) is 0 Å². The lowest BCUT2D eigenvalue weighted by Crippen LogP contribution is -2.41. The van der Waals surface area contributed by atoms with Crippen LogP contribution >= 0.6 is 39.7 Å². The van der Waals surface area contributed by atoms with Gasteiger partial charge in [-0.25, -0.2) is 0 Å². The summed E-state index contributed by atoms with van der Waals surface area (Å²) in [6, 6.07) is 1.85. The van der Waals surface area contributed by atoms with Crippen molar-refractivity contribution in [2.24, 2.45) is 11.7 Å². The van der Waals surface area contributed by atoms with E-state index in [1.807, 2.05) is 0 Å². The van der Waals surface area contributed by atoms with E-state index in [1.54, 1.807) is 13.2 Å². The number of amides is 1. The van der Waals surface area contributed by atoms with Crippen LogP contribution in [0.4, 0.5) is 0 Å². The van der Waals surface area contributed by atoms with E-state index in [4.69, 9.17) is 10.5 Å². The number of hydrogen-bond acceptors (Lipinski definition) is 4. The van der Waals surface area contributed by atoms with E-state index in [0.29, 0.717) is 23.1 Å². The fourth-order valence-electron chi connectivity index (χ4n) is 1.71. The quantitative estimate of drug-likeness (QED) is 0.852. The summed E-state index contributed by atoms with van der Waals surface area (Å²) in [7, 11) is 1.58. The van der Waals surface area contributed by atoms with E-state index in [1.165, 1.54) is 24.2 Å². The Morgan fingerprint density at radius 1 is 1.72 bits per heavy atom. The monoisotopic (exact) mass is 354 g/mol. The number of nitrogens with one attached hydrogen (secondary N) is 1. The molecule has 1 saturated carbocycles. The van der Waals surface area contributed by atoms with Gasteiger partial charge in [0.25, 0.3) is 5.91 Å². The SMILES string of the molecule is COc1cc(C(=O)NC(CN)C2CC2)sc1Br.Cl. The number of ether oxygens (including phenoxy) is 1. The first-order valence-electron chi connectivity index (χ1n) is 5.50. The molecule has 1 atom stereocenters. The van der Waals surface area contributed by atoms with Gasteiger partial charge in [-0.1, -0.05) is 0 Å². The Balaban J connectivity index is 0.00000162. The molecule has 0 aliphatic heterocycles. The minimum atomic E-state index is -0.0682. The minimum absolute atomic E-state index is 0. The molecule has 102 valence electrons. The molecule has 4 nitrogen and oxygen atoms in total. The Kier molecular flexibility index (Phi) is 5.91. The van der Waals surface area contributed by atoms with Crippen LogP contribution in [-0.2, 0) is 0 Å². The van der Waals surface area contributed by atoms with Crippen LogP contribution in [0.5, 0.6) is 5.75 Å². The van der Waals surface area contributed by atoms with Gasteiger partial charge in [0.1, 0.15) is 9.54 Å². The molecular formula is C11H16BrClN2O2S. The Labute approximate surface area is 125 Å². The third-order valence-electron chi connectivity index (χ3n) is 2.86. The predicted molar refractivity (Wildman–Crippen MR) is 78.9 cm³/mol. The van der Waals surface area contributed by atoms with Crippen LogP contribution in [0.3, 0.4) is 0 Å². The minimum Gasteiger partial charge on any atom is -0.495 e. The van der Waals surface area contributed by atoms with Crippen molar-refractivity contribution >= 4 is 45.6 Å². The predicted octanol–water partition coefficient (Wildman–Crippen LogP) is 2.41. The van der Waals surface area contributed by atoms with Crippen molar-refractivity contribution in [3.8, 4) is 5.75 Å². The zero-order valence-corrected chi connectivity index (χ0v) is 13.2. The summed E-state index contributed by atoms with van der Waals surface area (Å²) in [6.07, 6.45) is 2.33. The van der Waals surface area contributed by atoms with Gasteiger partial charge >= 0.3 is 0 Å². The van der Waals surface area contributed by atoms with Crippen molar-refractivity contribution in [2.45, 2.75) is 18.9 Å². The molecule has 1 heterocycles. The van der Waals surface area contributed by atoms with E-state index >= 15 is 0 Å². The number of hydrogen-bond donors (Lipinski definition) is 2. The van der Waals surface area contributed by atoms with Crippen LogP contribution in [0.25, 0.3) is 0 Å². The summed E-state index contributed by atoms with van der Waals surface area (Å²) in [4.78, 5) is 12.6. The molecule has 1 aromatic rings. The van der Waals surface area contributed by atoms with Gasteiger partial charge in [-0.05, 0) is 34.7 Å². The second-order valence-corrected chi connectivity index (χ2v) is 6.48. The molecule has 1 unspecified atom stereocenters. The van der Waals surface area contributed by atoms with Gasteiger partial charge in [0, 0.05) is 18.7 Å². The third-order valence-corrected chi connectivity index (χ3v) is 4.64. The van der Waals surface area contributed by atoms with Crippen LogP contribution < -0.4 is 15.8 Å². The van der Waals surface area contributed by atoms with E-state index < -0.39 is 0 Å². The summed E-state index contributed by atoms with van der Waals surface area (Å²) in [6.45, 7) is 0.500. The topological polar surface area (TPSA) is 64.3 Å². The number of halogens is 2. The van der Waals surface area contributed by atoms with Gasteiger partial charge in [0.15, 0.2) is 0 Å². The molecule has 2 rings (SSSR count). The first kappa shape index (κ1) is 15.8. The van der Waals surface area contributed by atoms with Crippen molar-refractivity contribution < 1.29 is 9.53 Å². The average molecular weight is 356 g/mol. The molecule has 0 radical (unpaired) electrons. The van der Waals surface area contributed by atoms with Crippen LogP contribution in [0.1, 0.15) is 22.5 Å². The van der Waals surface area contributed by atoms with E-state index in [2.05, 4.69) is 21.2 Å². The zero-order chi connectivity index (χ0) is 12.4. The van der Waals surface area contributed by atoms with E-state index in [-0.39, 0.29) is 24.4 Å². The van der Waals surface area contributed by atoms with Gasteiger partial charge in [-0.3, -0.25) is 4.79 Å².